The third kappa shape index (κ3) is 3.77. The molecule has 0 radical (unpaired) electrons. The summed E-state index contributed by atoms with van der Waals surface area (Å²) in [6.07, 6.45) is 4.11. The molecule has 0 heterocycles. The number of hydrogen-bond donors (Lipinski definition) is 2. The zero-order valence-electron chi connectivity index (χ0n) is 11.3. The van der Waals surface area contributed by atoms with Crippen molar-refractivity contribution in [3.8, 4) is 0 Å². The Bertz CT molecular complexity index is 453. The molecule has 1 saturated carbocycles. The summed E-state index contributed by atoms with van der Waals surface area (Å²) in [5, 5.41) is 2.83. The lowest BCUT2D eigenvalue weighted by molar-refractivity contribution is 0.0939. The first kappa shape index (κ1) is 14.0. The number of benzene rings is 1. The monoisotopic (exact) mass is 264 g/mol. The van der Waals surface area contributed by atoms with Gasteiger partial charge in [0.2, 0.25) is 0 Å². The van der Waals surface area contributed by atoms with Crippen LogP contribution in [0.25, 0.3) is 0 Å². The molecule has 1 aromatic rings. The molecule has 2 rings (SSSR count). The molecule has 0 aromatic heterocycles. The van der Waals surface area contributed by atoms with Gasteiger partial charge in [-0.2, -0.15) is 0 Å². The summed E-state index contributed by atoms with van der Waals surface area (Å²) in [4.78, 5) is 11.9. The molecule has 3 nitrogen and oxygen atoms in total. The maximum absolute atomic E-state index is 13.6. The van der Waals surface area contributed by atoms with E-state index in [9.17, 15) is 9.18 Å². The molecule has 1 aliphatic carbocycles. The third-order valence-corrected chi connectivity index (χ3v) is 3.81. The predicted molar refractivity (Wildman–Crippen MR) is 73.4 cm³/mol. The molecule has 4 heteroatoms. The Balaban J connectivity index is 1.89. The van der Waals surface area contributed by atoms with Crippen molar-refractivity contribution in [3.05, 3.63) is 35.1 Å². The SMILES string of the molecule is Cc1ccc(F)c(C(=O)NCC2CCC(N)CC2)c1. The van der Waals surface area contributed by atoms with E-state index < -0.39 is 5.82 Å². The maximum Gasteiger partial charge on any atom is 0.254 e. The van der Waals surface area contributed by atoms with E-state index in [0.29, 0.717) is 18.5 Å². The molecular formula is C15H21FN2O. The van der Waals surface area contributed by atoms with Crippen molar-refractivity contribution >= 4 is 5.91 Å². The lowest BCUT2D eigenvalue weighted by Crippen LogP contribution is -2.34. The molecule has 0 atom stereocenters. The van der Waals surface area contributed by atoms with Gasteiger partial charge in [-0.1, -0.05) is 11.6 Å². The standard InChI is InChI=1S/C15H21FN2O/c1-10-2-7-14(16)13(8-10)15(19)18-9-11-3-5-12(17)6-4-11/h2,7-8,11-12H,3-6,9,17H2,1H3,(H,18,19). The number of halogens is 1. The first-order chi connectivity index (χ1) is 9.06. The van der Waals surface area contributed by atoms with E-state index in [1.165, 1.54) is 6.07 Å². The molecule has 1 fully saturated rings. The minimum absolute atomic E-state index is 0.132. The van der Waals surface area contributed by atoms with Gasteiger partial charge < -0.3 is 11.1 Å². The number of carbonyl (C=O) groups excluding carboxylic acids is 1. The van der Waals surface area contributed by atoms with E-state index in [0.717, 1.165) is 31.2 Å². The van der Waals surface area contributed by atoms with Gasteiger partial charge in [0.25, 0.3) is 5.91 Å². The van der Waals surface area contributed by atoms with Gasteiger partial charge in [-0.3, -0.25) is 4.79 Å². The maximum atomic E-state index is 13.6. The Hall–Kier alpha value is -1.42. The number of nitrogens with one attached hydrogen (secondary N) is 1. The highest BCUT2D eigenvalue weighted by Gasteiger charge is 2.20. The molecule has 0 spiro atoms. The minimum Gasteiger partial charge on any atom is -0.352 e. The summed E-state index contributed by atoms with van der Waals surface area (Å²) in [6.45, 7) is 2.46. The predicted octanol–water partition coefficient (Wildman–Crippen LogP) is 2.38. The lowest BCUT2D eigenvalue weighted by atomic mass is 9.86. The lowest BCUT2D eigenvalue weighted by Gasteiger charge is -2.26. The average Bonchev–Trinajstić information content (AvgIpc) is 2.40. The first-order valence-electron chi connectivity index (χ1n) is 6.86. The van der Waals surface area contributed by atoms with Crippen LogP contribution < -0.4 is 11.1 Å². The van der Waals surface area contributed by atoms with Crippen LogP contribution in [0.1, 0.15) is 41.6 Å². The highest BCUT2D eigenvalue weighted by Crippen LogP contribution is 2.22. The zero-order valence-corrected chi connectivity index (χ0v) is 11.3. The van der Waals surface area contributed by atoms with Gasteiger partial charge in [-0.25, -0.2) is 4.39 Å². The van der Waals surface area contributed by atoms with Crippen LogP contribution >= 0.6 is 0 Å². The number of nitrogens with two attached hydrogens (primary N) is 1. The van der Waals surface area contributed by atoms with E-state index in [1.54, 1.807) is 12.1 Å². The number of hydrogen-bond acceptors (Lipinski definition) is 2. The fraction of sp³-hybridized carbons (Fsp3) is 0.533. The first-order valence-corrected chi connectivity index (χ1v) is 6.86. The highest BCUT2D eigenvalue weighted by atomic mass is 19.1. The molecule has 19 heavy (non-hydrogen) atoms. The summed E-state index contributed by atoms with van der Waals surface area (Å²) in [5.74, 6) is -0.318. The van der Waals surface area contributed by atoms with Crippen molar-refractivity contribution in [2.24, 2.45) is 11.7 Å². The Kier molecular flexibility index (Phi) is 4.53. The second kappa shape index (κ2) is 6.15. The summed E-state index contributed by atoms with van der Waals surface area (Å²) in [6, 6.07) is 4.89. The molecule has 1 aromatic carbocycles. The van der Waals surface area contributed by atoms with Crippen LogP contribution in [0.4, 0.5) is 4.39 Å². The van der Waals surface area contributed by atoms with Gasteiger partial charge >= 0.3 is 0 Å². The van der Waals surface area contributed by atoms with Crippen molar-refractivity contribution in [1.82, 2.24) is 5.32 Å². The Morgan fingerprint density at radius 3 is 2.74 bits per heavy atom. The van der Waals surface area contributed by atoms with E-state index in [-0.39, 0.29) is 11.5 Å². The smallest absolute Gasteiger partial charge is 0.254 e. The van der Waals surface area contributed by atoms with E-state index in [1.807, 2.05) is 6.92 Å². The van der Waals surface area contributed by atoms with Crippen LogP contribution in [0, 0.1) is 18.7 Å². The summed E-state index contributed by atoms with van der Waals surface area (Å²) >= 11 is 0. The molecule has 1 amide bonds. The second-order valence-corrected chi connectivity index (χ2v) is 5.47. The summed E-state index contributed by atoms with van der Waals surface area (Å²) < 4.78 is 13.6. The third-order valence-electron chi connectivity index (χ3n) is 3.81. The molecule has 104 valence electrons. The molecule has 1 aliphatic rings. The van der Waals surface area contributed by atoms with E-state index in [4.69, 9.17) is 5.73 Å². The Labute approximate surface area is 113 Å². The average molecular weight is 264 g/mol. The zero-order chi connectivity index (χ0) is 13.8. The van der Waals surface area contributed by atoms with Crippen molar-refractivity contribution in [3.63, 3.8) is 0 Å². The summed E-state index contributed by atoms with van der Waals surface area (Å²) in [5.41, 5.74) is 6.86. The quantitative estimate of drug-likeness (QED) is 0.880. The largest absolute Gasteiger partial charge is 0.352 e. The molecule has 0 saturated heterocycles. The van der Waals surface area contributed by atoms with Crippen LogP contribution in [0.5, 0.6) is 0 Å². The van der Waals surface area contributed by atoms with Crippen LogP contribution in [-0.4, -0.2) is 18.5 Å². The van der Waals surface area contributed by atoms with Crippen molar-refractivity contribution in [2.75, 3.05) is 6.54 Å². The molecule has 0 aliphatic heterocycles. The van der Waals surface area contributed by atoms with Gasteiger partial charge in [0.15, 0.2) is 0 Å². The Morgan fingerprint density at radius 1 is 1.37 bits per heavy atom. The van der Waals surface area contributed by atoms with Crippen LogP contribution in [0.2, 0.25) is 0 Å². The van der Waals surface area contributed by atoms with Gasteiger partial charge in [0.1, 0.15) is 5.82 Å². The normalized spacial score (nSPS) is 23.1. The second-order valence-electron chi connectivity index (χ2n) is 5.47. The van der Waals surface area contributed by atoms with Crippen LogP contribution in [0.3, 0.4) is 0 Å². The van der Waals surface area contributed by atoms with Gasteiger partial charge in [-0.05, 0) is 50.7 Å². The van der Waals surface area contributed by atoms with E-state index in [2.05, 4.69) is 5.32 Å². The fourth-order valence-electron chi connectivity index (χ4n) is 2.54. The number of rotatable bonds is 3. The Morgan fingerprint density at radius 2 is 2.05 bits per heavy atom. The number of carbonyl (C=O) groups is 1. The van der Waals surface area contributed by atoms with Crippen LogP contribution in [-0.2, 0) is 0 Å². The van der Waals surface area contributed by atoms with Crippen molar-refractivity contribution in [1.29, 1.82) is 0 Å². The van der Waals surface area contributed by atoms with Gasteiger partial charge in [-0.15, -0.1) is 0 Å². The van der Waals surface area contributed by atoms with Crippen molar-refractivity contribution in [2.45, 2.75) is 38.6 Å². The number of amides is 1. The van der Waals surface area contributed by atoms with E-state index >= 15 is 0 Å². The molecular weight excluding hydrogens is 243 g/mol. The molecule has 0 bridgehead atoms. The van der Waals surface area contributed by atoms with Gasteiger partial charge in [0.05, 0.1) is 5.56 Å². The van der Waals surface area contributed by atoms with Crippen molar-refractivity contribution < 1.29 is 9.18 Å². The van der Waals surface area contributed by atoms with Gasteiger partial charge in [0, 0.05) is 12.6 Å². The number of aryl methyl sites for hydroxylation is 1. The highest BCUT2D eigenvalue weighted by molar-refractivity contribution is 5.94. The topological polar surface area (TPSA) is 55.1 Å². The molecule has 3 N–H and O–H groups in total. The molecule has 0 unspecified atom stereocenters. The fourth-order valence-corrected chi connectivity index (χ4v) is 2.54. The minimum atomic E-state index is -0.464. The summed E-state index contributed by atoms with van der Waals surface area (Å²) in [7, 11) is 0. The van der Waals surface area contributed by atoms with Crippen LogP contribution in [0.15, 0.2) is 18.2 Å².